The zero-order valence-electron chi connectivity index (χ0n) is 34.3. The van der Waals surface area contributed by atoms with Gasteiger partial charge in [0.1, 0.15) is 35.2 Å². The van der Waals surface area contributed by atoms with Crippen LogP contribution in [0, 0.1) is 5.41 Å². The van der Waals surface area contributed by atoms with Crippen LogP contribution in [0.3, 0.4) is 0 Å². The maximum atomic E-state index is 13.0. The van der Waals surface area contributed by atoms with Gasteiger partial charge in [-0.1, -0.05) is 19.2 Å². The van der Waals surface area contributed by atoms with Crippen LogP contribution in [-0.4, -0.2) is 80.8 Å². The molecule has 0 fully saturated rings. The molecule has 0 spiro atoms. The van der Waals surface area contributed by atoms with Gasteiger partial charge in [-0.3, -0.25) is 0 Å². The summed E-state index contributed by atoms with van der Waals surface area (Å²) < 4.78 is 43.9. The van der Waals surface area contributed by atoms with E-state index in [2.05, 4.69) is 13.2 Å². The topological polar surface area (TPSA) is 183 Å². The Balaban J connectivity index is 1.21. The number of hydrogen-bond acceptors (Lipinski definition) is 14. The molecular weight excluding hydrogens is 787 g/mol. The number of nitrogens with one attached hydrogen (secondary N) is 1. The molecule has 0 aromatic heterocycles. The van der Waals surface area contributed by atoms with E-state index in [0.29, 0.717) is 48.5 Å². The van der Waals surface area contributed by atoms with Gasteiger partial charge in [-0.2, -0.15) is 0 Å². The van der Waals surface area contributed by atoms with Crippen molar-refractivity contribution < 1.29 is 61.9 Å². The molecule has 14 heteroatoms. The molecule has 61 heavy (non-hydrogen) atoms. The fourth-order valence-corrected chi connectivity index (χ4v) is 5.26. The van der Waals surface area contributed by atoms with Crippen LogP contribution in [0.15, 0.2) is 116 Å². The maximum Gasteiger partial charge on any atom is 0.343 e. The second-order valence-corrected chi connectivity index (χ2v) is 14.2. The van der Waals surface area contributed by atoms with E-state index in [9.17, 15) is 24.0 Å². The summed E-state index contributed by atoms with van der Waals surface area (Å²) in [5.74, 6) is -1.47. The molecular formula is C47H49NO13. The van der Waals surface area contributed by atoms with Crippen molar-refractivity contribution in [2.75, 3.05) is 33.0 Å². The molecule has 0 saturated heterocycles. The lowest BCUT2D eigenvalue weighted by Gasteiger charge is -2.21. The molecule has 4 aromatic rings. The number of ether oxygens (including phenoxy) is 8. The number of benzene rings is 4. The molecule has 4 rings (SSSR count). The summed E-state index contributed by atoms with van der Waals surface area (Å²) >= 11 is 0. The molecule has 4 aromatic carbocycles. The van der Waals surface area contributed by atoms with Crippen LogP contribution in [-0.2, 0) is 35.0 Å². The molecule has 0 heterocycles. The number of hydrogen-bond donors (Lipinski definition) is 1. The normalized spacial score (nSPS) is 11.3. The van der Waals surface area contributed by atoms with Crippen molar-refractivity contribution in [3.8, 4) is 23.0 Å². The van der Waals surface area contributed by atoms with E-state index in [1.807, 2.05) is 20.8 Å². The van der Waals surface area contributed by atoms with Gasteiger partial charge in [0.05, 0.1) is 36.5 Å². The summed E-state index contributed by atoms with van der Waals surface area (Å²) in [5.41, 5.74) is 1.54. The predicted octanol–water partition coefficient (Wildman–Crippen LogP) is 7.70. The van der Waals surface area contributed by atoms with Gasteiger partial charge in [-0.15, -0.1) is 0 Å². The molecule has 0 bridgehead atoms. The summed E-state index contributed by atoms with van der Waals surface area (Å²) in [4.78, 5) is 61.3. The van der Waals surface area contributed by atoms with E-state index in [4.69, 9.17) is 43.3 Å². The molecule has 14 nitrogen and oxygen atoms in total. The SMILES string of the molecule is C=CC(=O)OCCCCOCC(COc1ccc(C(=O)Oc2ccc(CCOC(=O)c3ccc(OC(=O)c4ccc(OC(C)(C)C)cc4)cc3)cc2C=N)cc1)OC(=O)C=C. The lowest BCUT2D eigenvalue weighted by molar-refractivity contribution is -0.148. The van der Waals surface area contributed by atoms with Crippen molar-refractivity contribution in [1.82, 2.24) is 0 Å². The van der Waals surface area contributed by atoms with Crippen molar-refractivity contribution in [2.24, 2.45) is 0 Å². The molecule has 0 aliphatic rings. The van der Waals surface area contributed by atoms with Crippen molar-refractivity contribution in [2.45, 2.75) is 51.7 Å². The van der Waals surface area contributed by atoms with Gasteiger partial charge in [0.2, 0.25) is 0 Å². The molecule has 1 N–H and O–H groups in total. The zero-order chi connectivity index (χ0) is 44.2. The van der Waals surface area contributed by atoms with E-state index in [-0.39, 0.29) is 54.7 Å². The quantitative estimate of drug-likeness (QED) is 0.0192. The predicted molar refractivity (Wildman–Crippen MR) is 225 cm³/mol. The molecule has 0 aliphatic heterocycles. The fourth-order valence-electron chi connectivity index (χ4n) is 5.26. The number of unbranched alkanes of at least 4 members (excludes halogenated alkanes) is 1. The van der Waals surface area contributed by atoms with E-state index in [1.165, 1.54) is 36.4 Å². The summed E-state index contributed by atoms with van der Waals surface area (Å²) in [7, 11) is 0. The Kier molecular flexibility index (Phi) is 18.0. The highest BCUT2D eigenvalue weighted by Crippen LogP contribution is 2.23. The van der Waals surface area contributed by atoms with E-state index < -0.39 is 36.0 Å². The largest absolute Gasteiger partial charge is 0.490 e. The highest BCUT2D eigenvalue weighted by molar-refractivity contribution is 5.93. The Morgan fingerprint density at radius 2 is 1.21 bits per heavy atom. The standard InChI is InChI=1S/C47H49NO13/c1-6-42(49)55-26-9-8-25-54-30-40(58-43(50)7-2)31-57-37-17-11-35(12-18-37)46(53)60-41-23-10-32(28-36(41)29-48)24-27-56-44(51)33-13-19-38(20-14-33)59-45(52)34-15-21-39(22-16-34)61-47(3,4)5/h6-7,10-23,28-29,40,48H,1-2,8-9,24-27,30-31H2,3-5H3. The Labute approximate surface area is 354 Å². The Bertz CT molecular complexity index is 2140. The smallest absolute Gasteiger partial charge is 0.343 e. The average Bonchev–Trinajstić information content (AvgIpc) is 3.25. The van der Waals surface area contributed by atoms with Crippen molar-refractivity contribution in [3.63, 3.8) is 0 Å². The van der Waals surface area contributed by atoms with E-state index in [0.717, 1.165) is 23.9 Å². The Morgan fingerprint density at radius 1 is 0.639 bits per heavy atom. The molecule has 0 saturated carbocycles. The number of carbonyl (C=O) groups is 5. The fraction of sp³-hybridized carbons (Fsp3) is 0.277. The first-order valence-electron chi connectivity index (χ1n) is 19.3. The second kappa shape index (κ2) is 23.5. The number of carbonyl (C=O) groups excluding carboxylic acids is 5. The first-order chi connectivity index (χ1) is 29.3. The van der Waals surface area contributed by atoms with Crippen LogP contribution in [0.1, 0.15) is 75.8 Å². The summed E-state index contributed by atoms with van der Waals surface area (Å²) in [6, 6.07) is 23.7. The minimum Gasteiger partial charge on any atom is -0.490 e. The molecule has 0 amide bonds. The van der Waals surface area contributed by atoms with Crippen LogP contribution in [0.5, 0.6) is 23.0 Å². The summed E-state index contributed by atoms with van der Waals surface area (Å²) in [5, 5.41) is 7.88. The minimum atomic E-state index is -0.744. The highest BCUT2D eigenvalue weighted by atomic mass is 16.6. The third kappa shape index (κ3) is 16.3. The number of esters is 5. The van der Waals surface area contributed by atoms with Crippen molar-refractivity contribution in [3.05, 3.63) is 144 Å². The maximum absolute atomic E-state index is 13.0. The highest BCUT2D eigenvalue weighted by Gasteiger charge is 2.18. The third-order valence-electron chi connectivity index (χ3n) is 8.24. The van der Waals surface area contributed by atoms with Gasteiger partial charge in [-0.25, -0.2) is 24.0 Å². The molecule has 0 aliphatic carbocycles. The van der Waals surface area contributed by atoms with Gasteiger partial charge in [0, 0.05) is 37.0 Å². The molecule has 0 radical (unpaired) electrons. The van der Waals surface area contributed by atoms with Crippen molar-refractivity contribution >= 4 is 36.1 Å². The molecule has 320 valence electrons. The van der Waals surface area contributed by atoms with Crippen LogP contribution in [0.2, 0.25) is 0 Å². The van der Waals surface area contributed by atoms with Crippen molar-refractivity contribution in [1.29, 1.82) is 5.41 Å². The third-order valence-corrected chi connectivity index (χ3v) is 8.24. The van der Waals surface area contributed by atoms with Crippen LogP contribution in [0.25, 0.3) is 0 Å². The Hall–Kier alpha value is -7.06. The minimum absolute atomic E-state index is 0.0356. The van der Waals surface area contributed by atoms with Crippen LogP contribution < -0.4 is 18.9 Å². The Morgan fingerprint density at radius 3 is 1.82 bits per heavy atom. The average molecular weight is 836 g/mol. The van der Waals surface area contributed by atoms with Gasteiger partial charge < -0.3 is 43.3 Å². The first-order valence-corrected chi connectivity index (χ1v) is 19.3. The van der Waals surface area contributed by atoms with E-state index >= 15 is 0 Å². The summed E-state index contributed by atoms with van der Waals surface area (Å²) in [6.07, 6.45) is 3.97. The number of rotatable bonds is 23. The summed E-state index contributed by atoms with van der Waals surface area (Å²) in [6.45, 7) is 13.2. The monoisotopic (exact) mass is 835 g/mol. The zero-order valence-corrected chi connectivity index (χ0v) is 34.3. The first kappa shape index (κ1) is 46.6. The molecule has 1 atom stereocenters. The van der Waals surface area contributed by atoms with Crippen LogP contribution in [0.4, 0.5) is 0 Å². The second-order valence-electron chi connectivity index (χ2n) is 14.2. The molecule has 1 unspecified atom stereocenters. The van der Waals surface area contributed by atoms with E-state index in [1.54, 1.807) is 54.6 Å². The van der Waals surface area contributed by atoms with Gasteiger partial charge >= 0.3 is 29.8 Å². The lowest BCUT2D eigenvalue weighted by Crippen LogP contribution is -2.29. The van der Waals surface area contributed by atoms with Crippen LogP contribution >= 0.6 is 0 Å². The van der Waals surface area contributed by atoms with Gasteiger partial charge in [0.15, 0.2) is 6.10 Å². The van der Waals surface area contributed by atoms with Gasteiger partial charge in [0.25, 0.3) is 0 Å². The lowest BCUT2D eigenvalue weighted by atomic mass is 10.1. The van der Waals surface area contributed by atoms with Gasteiger partial charge in [-0.05, 0) is 124 Å².